The number of phenols is 1. The summed E-state index contributed by atoms with van der Waals surface area (Å²) < 4.78 is 37.9. The summed E-state index contributed by atoms with van der Waals surface area (Å²) in [4.78, 5) is 8.06. The van der Waals surface area contributed by atoms with Gasteiger partial charge in [0, 0.05) is 6.20 Å². The minimum atomic E-state index is -4.45. The van der Waals surface area contributed by atoms with Gasteiger partial charge in [-0.15, -0.1) is 0 Å². The van der Waals surface area contributed by atoms with Crippen LogP contribution in [0, 0.1) is 0 Å². The summed E-state index contributed by atoms with van der Waals surface area (Å²) in [6.07, 6.45) is -3.72. The van der Waals surface area contributed by atoms with Crippen molar-refractivity contribution < 1.29 is 18.3 Å². The minimum absolute atomic E-state index is 0.0202. The zero-order valence-corrected chi connectivity index (χ0v) is 13.1. The van der Waals surface area contributed by atoms with Crippen molar-refractivity contribution in [1.82, 2.24) is 20.2 Å². The highest BCUT2D eigenvalue weighted by Gasteiger charge is 2.30. The van der Waals surface area contributed by atoms with Crippen LogP contribution in [-0.2, 0) is 6.18 Å². The number of benzene rings is 2. The summed E-state index contributed by atoms with van der Waals surface area (Å²) in [6, 6.07) is 12.9. The SMILES string of the molecule is Oc1ccc2ccccc2c1-c1nc(-c2ccc(C(F)(F)F)cn2)n[nH]1. The van der Waals surface area contributed by atoms with Gasteiger partial charge >= 0.3 is 6.18 Å². The number of aromatic nitrogens is 4. The van der Waals surface area contributed by atoms with E-state index in [-0.39, 0.29) is 17.3 Å². The fourth-order valence-corrected chi connectivity index (χ4v) is 2.69. The monoisotopic (exact) mass is 356 g/mol. The fourth-order valence-electron chi connectivity index (χ4n) is 2.69. The van der Waals surface area contributed by atoms with E-state index in [1.807, 2.05) is 24.3 Å². The Morgan fingerprint density at radius 1 is 0.962 bits per heavy atom. The van der Waals surface area contributed by atoms with Gasteiger partial charge in [-0.1, -0.05) is 30.3 Å². The number of phenolic OH excluding ortho intramolecular Hbond substituents is 1. The maximum Gasteiger partial charge on any atom is 0.417 e. The maximum atomic E-state index is 12.6. The normalized spacial score (nSPS) is 11.8. The van der Waals surface area contributed by atoms with Gasteiger partial charge < -0.3 is 5.11 Å². The topological polar surface area (TPSA) is 74.7 Å². The van der Waals surface area contributed by atoms with Gasteiger partial charge in [-0.25, -0.2) is 4.98 Å². The quantitative estimate of drug-likeness (QED) is 0.558. The van der Waals surface area contributed by atoms with Gasteiger partial charge in [0.05, 0.1) is 11.1 Å². The molecule has 0 radical (unpaired) electrons. The van der Waals surface area contributed by atoms with E-state index in [9.17, 15) is 18.3 Å². The van der Waals surface area contributed by atoms with Crippen LogP contribution in [0.2, 0.25) is 0 Å². The number of rotatable bonds is 2. The molecular weight excluding hydrogens is 345 g/mol. The van der Waals surface area contributed by atoms with Gasteiger partial charge in [0.25, 0.3) is 0 Å². The highest BCUT2D eigenvalue weighted by Crippen LogP contribution is 2.35. The van der Waals surface area contributed by atoms with Crippen LogP contribution in [0.3, 0.4) is 0 Å². The Hall–Kier alpha value is -3.42. The van der Waals surface area contributed by atoms with Gasteiger partial charge in [-0.3, -0.25) is 10.1 Å². The number of aromatic amines is 1. The van der Waals surface area contributed by atoms with Crippen molar-refractivity contribution in [2.24, 2.45) is 0 Å². The van der Waals surface area contributed by atoms with E-state index >= 15 is 0 Å². The Bertz CT molecular complexity index is 1090. The smallest absolute Gasteiger partial charge is 0.417 e. The number of H-pyrrole nitrogens is 1. The number of pyridine rings is 1. The Morgan fingerprint density at radius 3 is 2.50 bits per heavy atom. The number of halogens is 3. The summed E-state index contributed by atoms with van der Waals surface area (Å²) in [5.74, 6) is 0.462. The molecular formula is C18H11F3N4O. The number of nitrogens with zero attached hydrogens (tertiary/aromatic N) is 3. The summed E-state index contributed by atoms with van der Waals surface area (Å²) >= 11 is 0. The fraction of sp³-hybridized carbons (Fsp3) is 0.0556. The maximum absolute atomic E-state index is 12.6. The molecule has 5 nitrogen and oxygen atoms in total. The van der Waals surface area contributed by atoms with Gasteiger partial charge in [-0.2, -0.15) is 18.3 Å². The van der Waals surface area contributed by atoms with Crippen molar-refractivity contribution in [3.63, 3.8) is 0 Å². The standard InChI is InChI=1S/C18H11F3N4O/c19-18(20,21)11-6-7-13(22-9-11)16-23-17(25-24-16)15-12-4-2-1-3-10(12)5-8-14(15)26/h1-9,26H,(H,23,24,25). The lowest BCUT2D eigenvalue weighted by Crippen LogP contribution is -2.05. The summed E-state index contributed by atoms with van der Waals surface area (Å²) in [5.41, 5.74) is -0.183. The second-order valence-corrected chi connectivity index (χ2v) is 5.62. The predicted octanol–water partition coefficient (Wildman–Crippen LogP) is 4.41. The molecule has 0 spiro atoms. The van der Waals surface area contributed by atoms with Crippen LogP contribution in [0.5, 0.6) is 5.75 Å². The van der Waals surface area contributed by atoms with E-state index in [1.54, 1.807) is 12.1 Å². The first-order chi connectivity index (χ1) is 12.4. The second-order valence-electron chi connectivity index (χ2n) is 5.62. The van der Waals surface area contributed by atoms with Crippen LogP contribution in [0.25, 0.3) is 33.7 Å². The number of aromatic hydroxyl groups is 1. The lowest BCUT2D eigenvalue weighted by molar-refractivity contribution is -0.137. The third-order valence-electron chi connectivity index (χ3n) is 3.95. The molecule has 0 saturated carbocycles. The van der Waals surface area contributed by atoms with Crippen molar-refractivity contribution in [1.29, 1.82) is 0 Å². The first kappa shape index (κ1) is 16.1. The third kappa shape index (κ3) is 2.75. The molecule has 2 N–H and O–H groups in total. The van der Waals surface area contributed by atoms with E-state index in [4.69, 9.17) is 0 Å². The molecule has 0 saturated heterocycles. The molecule has 0 aliphatic carbocycles. The van der Waals surface area contributed by atoms with E-state index < -0.39 is 11.7 Å². The van der Waals surface area contributed by atoms with Crippen LogP contribution < -0.4 is 0 Å². The number of nitrogens with one attached hydrogen (secondary N) is 1. The highest BCUT2D eigenvalue weighted by molar-refractivity contribution is 5.98. The molecule has 0 bridgehead atoms. The summed E-state index contributed by atoms with van der Waals surface area (Å²) in [6.45, 7) is 0. The molecule has 0 amide bonds. The van der Waals surface area contributed by atoms with E-state index in [1.165, 1.54) is 6.07 Å². The molecule has 0 atom stereocenters. The Balaban J connectivity index is 1.77. The van der Waals surface area contributed by atoms with Crippen molar-refractivity contribution >= 4 is 10.8 Å². The highest BCUT2D eigenvalue weighted by atomic mass is 19.4. The van der Waals surface area contributed by atoms with Crippen molar-refractivity contribution in [2.75, 3.05) is 0 Å². The summed E-state index contributed by atoms with van der Waals surface area (Å²) in [5, 5.41) is 18.6. The molecule has 0 aliphatic rings. The number of hydrogen-bond donors (Lipinski definition) is 2. The molecule has 2 aromatic carbocycles. The Kier molecular flexibility index (Phi) is 3.61. The molecule has 8 heteroatoms. The Labute approximate surface area is 145 Å². The molecule has 2 aromatic heterocycles. The van der Waals surface area contributed by atoms with Gasteiger partial charge in [0.1, 0.15) is 11.4 Å². The van der Waals surface area contributed by atoms with Crippen LogP contribution in [0.4, 0.5) is 13.2 Å². The predicted molar refractivity (Wildman–Crippen MR) is 89.2 cm³/mol. The van der Waals surface area contributed by atoms with Crippen LogP contribution in [0.1, 0.15) is 5.56 Å². The van der Waals surface area contributed by atoms with Crippen molar-refractivity contribution in [3.8, 4) is 28.7 Å². The number of alkyl halides is 3. The number of hydrogen-bond acceptors (Lipinski definition) is 4. The van der Waals surface area contributed by atoms with E-state index in [0.29, 0.717) is 11.4 Å². The van der Waals surface area contributed by atoms with Gasteiger partial charge in [0.15, 0.2) is 11.6 Å². The molecule has 2 heterocycles. The lowest BCUT2D eigenvalue weighted by atomic mass is 10.0. The van der Waals surface area contributed by atoms with Gasteiger partial charge in [-0.05, 0) is 29.0 Å². The summed E-state index contributed by atoms with van der Waals surface area (Å²) in [7, 11) is 0. The van der Waals surface area contributed by atoms with Gasteiger partial charge in [0.2, 0.25) is 0 Å². The van der Waals surface area contributed by atoms with Crippen LogP contribution in [-0.4, -0.2) is 25.3 Å². The number of fused-ring (bicyclic) bond motifs is 1. The third-order valence-corrected chi connectivity index (χ3v) is 3.95. The molecule has 0 aliphatic heterocycles. The Morgan fingerprint density at radius 2 is 1.77 bits per heavy atom. The average Bonchev–Trinajstić information content (AvgIpc) is 3.10. The molecule has 0 unspecified atom stereocenters. The first-order valence-electron chi connectivity index (χ1n) is 7.60. The zero-order chi connectivity index (χ0) is 18.3. The van der Waals surface area contributed by atoms with Crippen molar-refractivity contribution in [3.05, 3.63) is 60.3 Å². The second kappa shape index (κ2) is 5.83. The average molecular weight is 356 g/mol. The molecule has 0 fully saturated rings. The van der Waals surface area contributed by atoms with Crippen LogP contribution >= 0.6 is 0 Å². The minimum Gasteiger partial charge on any atom is -0.507 e. The van der Waals surface area contributed by atoms with E-state index in [2.05, 4.69) is 20.2 Å². The molecule has 26 heavy (non-hydrogen) atoms. The zero-order valence-electron chi connectivity index (χ0n) is 13.1. The van der Waals surface area contributed by atoms with E-state index in [0.717, 1.165) is 23.0 Å². The van der Waals surface area contributed by atoms with Crippen LogP contribution in [0.15, 0.2) is 54.7 Å². The molecule has 4 aromatic rings. The molecule has 4 rings (SSSR count). The molecule has 130 valence electrons. The largest absolute Gasteiger partial charge is 0.507 e. The van der Waals surface area contributed by atoms with Crippen molar-refractivity contribution in [2.45, 2.75) is 6.18 Å². The first-order valence-corrected chi connectivity index (χ1v) is 7.60. The lowest BCUT2D eigenvalue weighted by Gasteiger charge is -2.06.